The molecule has 2 unspecified atom stereocenters. The predicted molar refractivity (Wildman–Crippen MR) is 244 cm³/mol. The number of hydrogen-bond acceptors (Lipinski definition) is 8. The summed E-state index contributed by atoms with van der Waals surface area (Å²) in [5.74, 6) is -1.08. The number of allylic oxidation sites excluding steroid dienone is 15. The molecule has 0 rings (SSSR count). The van der Waals surface area contributed by atoms with Gasteiger partial charge in [0.25, 0.3) is 0 Å². The molecule has 0 radical (unpaired) electrons. The van der Waals surface area contributed by atoms with E-state index < -0.39 is 38.6 Å². The average molecular weight is 847 g/mol. The van der Waals surface area contributed by atoms with Crippen molar-refractivity contribution in [2.45, 2.75) is 148 Å². The van der Waals surface area contributed by atoms with Crippen molar-refractivity contribution in [3.05, 3.63) is 97.2 Å². The predicted octanol–water partition coefficient (Wildman–Crippen LogP) is 11.5. The zero-order valence-electron chi connectivity index (χ0n) is 37.3. The minimum absolute atomic E-state index is 0.00637. The van der Waals surface area contributed by atoms with Crippen LogP contribution < -0.4 is 0 Å². The van der Waals surface area contributed by atoms with Gasteiger partial charge >= 0.3 is 19.8 Å². The smallest absolute Gasteiger partial charge is 0.462 e. The van der Waals surface area contributed by atoms with Gasteiger partial charge < -0.3 is 24.0 Å². The number of phosphoric acid groups is 1. The molecule has 0 aliphatic rings. The minimum atomic E-state index is -4.45. The first-order chi connectivity index (χ1) is 28.4. The van der Waals surface area contributed by atoms with Crippen molar-refractivity contribution in [3.8, 4) is 0 Å². The quantitative estimate of drug-likeness (QED) is 0.0156. The molecule has 11 heteroatoms. The van der Waals surface area contributed by atoms with Crippen LogP contribution in [0.3, 0.4) is 0 Å². The highest BCUT2D eigenvalue weighted by Crippen LogP contribution is 2.43. The van der Waals surface area contributed by atoms with Crippen LogP contribution in [0.5, 0.6) is 0 Å². The van der Waals surface area contributed by atoms with Crippen molar-refractivity contribution < 1.29 is 47.2 Å². The van der Waals surface area contributed by atoms with Crippen LogP contribution in [-0.2, 0) is 32.7 Å². The van der Waals surface area contributed by atoms with Gasteiger partial charge in [-0.15, -0.1) is 0 Å². The van der Waals surface area contributed by atoms with E-state index in [1.807, 2.05) is 39.4 Å². The van der Waals surface area contributed by atoms with Crippen LogP contribution in [-0.4, -0.2) is 86.1 Å². The van der Waals surface area contributed by atoms with Crippen LogP contribution in [0.2, 0.25) is 0 Å². The Morgan fingerprint density at radius 3 is 1.78 bits per heavy atom. The summed E-state index contributed by atoms with van der Waals surface area (Å²) >= 11 is 0. The SMILES string of the molecule is CC/C=C\C/C=C\C/C=C\C/C=C\C=C\C(O)CCCC(=O)O[C@H](COC(=O)CCC/C=C\C/C=C\C/C=C\CCCCCCCC)COP(=O)(O)OCC[N+](C)(C)C. The summed E-state index contributed by atoms with van der Waals surface area (Å²) in [6, 6.07) is 0. The van der Waals surface area contributed by atoms with Crippen molar-refractivity contribution >= 4 is 19.8 Å². The fourth-order valence-electron chi connectivity index (χ4n) is 5.23. The molecule has 0 aromatic rings. The van der Waals surface area contributed by atoms with E-state index >= 15 is 0 Å². The highest BCUT2D eigenvalue weighted by molar-refractivity contribution is 7.47. The molecule has 3 atom stereocenters. The molecule has 0 heterocycles. The highest BCUT2D eigenvalue weighted by atomic mass is 31.2. The molecule has 0 saturated heterocycles. The van der Waals surface area contributed by atoms with Gasteiger partial charge in [-0.1, -0.05) is 143 Å². The van der Waals surface area contributed by atoms with Crippen molar-refractivity contribution in [3.63, 3.8) is 0 Å². The lowest BCUT2D eigenvalue weighted by atomic mass is 10.1. The van der Waals surface area contributed by atoms with E-state index in [4.69, 9.17) is 18.5 Å². The fourth-order valence-corrected chi connectivity index (χ4v) is 5.97. The van der Waals surface area contributed by atoms with Crippen LogP contribution in [0.15, 0.2) is 97.2 Å². The number of esters is 2. The van der Waals surface area contributed by atoms with Crippen molar-refractivity contribution in [1.29, 1.82) is 0 Å². The number of quaternary nitrogens is 1. The highest BCUT2D eigenvalue weighted by Gasteiger charge is 2.27. The molecule has 336 valence electrons. The van der Waals surface area contributed by atoms with Crippen molar-refractivity contribution in [1.82, 2.24) is 0 Å². The Morgan fingerprint density at radius 2 is 1.17 bits per heavy atom. The molecular formula is C48H81NO9P+. The number of phosphoric ester groups is 1. The number of carbonyl (C=O) groups excluding carboxylic acids is 2. The van der Waals surface area contributed by atoms with Crippen LogP contribution in [0.25, 0.3) is 0 Å². The number of carbonyl (C=O) groups is 2. The van der Waals surface area contributed by atoms with Gasteiger partial charge in [0, 0.05) is 12.8 Å². The van der Waals surface area contributed by atoms with Gasteiger partial charge in [0.1, 0.15) is 19.8 Å². The monoisotopic (exact) mass is 847 g/mol. The number of nitrogens with zero attached hydrogens (tertiary/aromatic N) is 1. The normalized spacial score (nSPS) is 15.0. The summed E-state index contributed by atoms with van der Waals surface area (Å²) in [5, 5.41) is 10.3. The third kappa shape index (κ3) is 42.8. The van der Waals surface area contributed by atoms with Gasteiger partial charge in [-0.3, -0.25) is 18.6 Å². The van der Waals surface area contributed by atoms with E-state index in [9.17, 15) is 24.2 Å². The Hall–Kier alpha value is -3.11. The lowest BCUT2D eigenvalue weighted by Gasteiger charge is -2.24. The maximum absolute atomic E-state index is 12.7. The second-order valence-electron chi connectivity index (χ2n) is 15.5. The second-order valence-corrected chi connectivity index (χ2v) is 17.0. The van der Waals surface area contributed by atoms with E-state index in [0.717, 1.165) is 44.9 Å². The zero-order valence-corrected chi connectivity index (χ0v) is 38.2. The van der Waals surface area contributed by atoms with Gasteiger partial charge in [0.15, 0.2) is 6.10 Å². The Labute approximate surface area is 358 Å². The third-order valence-corrected chi connectivity index (χ3v) is 9.69. The summed E-state index contributed by atoms with van der Waals surface area (Å²) < 4.78 is 34.1. The average Bonchev–Trinajstić information content (AvgIpc) is 3.18. The van der Waals surface area contributed by atoms with Crippen molar-refractivity contribution in [2.75, 3.05) is 47.5 Å². The van der Waals surface area contributed by atoms with Crippen LogP contribution in [0.1, 0.15) is 136 Å². The maximum Gasteiger partial charge on any atom is 0.472 e. The number of ether oxygens (including phenoxy) is 2. The summed E-state index contributed by atoms with van der Waals surface area (Å²) in [4.78, 5) is 35.4. The summed E-state index contributed by atoms with van der Waals surface area (Å²) in [7, 11) is 1.31. The maximum atomic E-state index is 12.7. The van der Waals surface area contributed by atoms with Crippen molar-refractivity contribution in [2.24, 2.45) is 0 Å². The Bertz CT molecular complexity index is 1340. The molecule has 59 heavy (non-hydrogen) atoms. The zero-order chi connectivity index (χ0) is 43.7. The van der Waals surface area contributed by atoms with Crippen LogP contribution >= 0.6 is 7.82 Å². The first kappa shape index (κ1) is 55.9. The number of hydrogen-bond donors (Lipinski definition) is 2. The largest absolute Gasteiger partial charge is 0.472 e. The number of unbranched alkanes of at least 4 members (excludes halogenated alkanes) is 7. The molecule has 0 fully saturated rings. The number of aliphatic hydroxyl groups is 1. The van der Waals surface area contributed by atoms with Gasteiger partial charge in [-0.05, 0) is 77.0 Å². The molecule has 0 saturated carbocycles. The molecule has 2 N–H and O–H groups in total. The van der Waals surface area contributed by atoms with Gasteiger partial charge in [0.2, 0.25) is 0 Å². The molecule has 0 aliphatic carbocycles. The summed E-state index contributed by atoms with van der Waals surface area (Å²) in [6.45, 7) is 3.98. The van der Waals surface area contributed by atoms with Gasteiger partial charge in [-0.25, -0.2) is 4.57 Å². The van der Waals surface area contributed by atoms with Crippen LogP contribution in [0.4, 0.5) is 0 Å². The Balaban J connectivity index is 4.66. The summed E-state index contributed by atoms with van der Waals surface area (Å²) in [5.41, 5.74) is 0. The first-order valence-corrected chi connectivity index (χ1v) is 23.6. The topological polar surface area (TPSA) is 129 Å². The molecule has 0 amide bonds. The van der Waals surface area contributed by atoms with E-state index in [1.165, 1.54) is 38.5 Å². The summed E-state index contributed by atoms with van der Waals surface area (Å²) in [6.07, 6.45) is 47.9. The van der Waals surface area contributed by atoms with E-state index in [0.29, 0.717) is 36.7 Å². The third-order valence-electron chi connectivity index (χ3n) is 8.70. The Morgan fingerprint density at radius 1 is 0.627 bits per heavy atom. The molecule has 0 aromatic carbocycles. The lowest BCUT2D eigenvalue weighted by Crippen LogP contribution is -2.37. The van der Waals surface area contributed by atoms with E-state index in [-0.39, 0.29) is 26.1 Å². The first-order valence-electron chi connectivity index (χ1n) is 22.1. The van der Waals surface area contributed by atoms with Crippen LogP contribution in [0, 0.1) is 0 Å². The van der Waals surface area contributed by atoms with Gasteiger partial charge in [0.05, 0.1) is 33.9 Å². The number of rotatable bonds is 38. The minimum Gasteiger partial charge on any atom is -0.462 e. The number of likely N-dealkylation sites (N-methyl/N-ethyl adjacent to an activating group) is 1. The standard InChI is InChI=1S/C48H80NO9P/c1-6-8-10-12-14-16-18-20-21-22-23-25-27-29-31-33-35-39-47(51)55-43-46(44-57-59(53,54)56-42-41-49(3,4)5)58-48(52)40-36-38-45(50)37-34-32-30-28-26-24-19-17-15-13-11-9-7-2/h9,11,15,17,20-21,23-26,29-32,34,37,45-46,50H,6-8,10,12-14,16,18-19,22,27-28,33,35-36,38-44H2,1-5H3/p+1/b11-9-,17-15-,21-20-,25-23-,26-24-,31-29-,32-30-,37-34+/t45?,46-/m1/s1. The molecular weight excluding hydrogens is 766 g/mol. The van der Waals surface area contributed by atoms with E-state index in [1.54, 1.807) is 12.2 Å². The second kappa shape index (κ2) is 39.1. The molecule has 0 spiro atoms. The molecule has 0 aliphatic heterocycles. The Kier molecular flexibility index (Phi) is 37.0. The fraction of sp³-hybridized carbons (Fsp3) is 0.625. The molecule has 0 aromatic heterocycles. The lowest BCUT2D eigenvalue weighted by molar-refractivity contribution is -0.870. The molecule has 10 nitrogen and oxygen atoms in total. The number of aliphatic hydroxyl groups excluding tert-OH is 1. The van der Waals surface area contributed by atoms with Gasteiger partial charge in [-0.2, -0.15) is 0 Å². The molecule has 0 bridgehead atoms. The van der Waals surface area contributed by atoms with E-state index in [2.05, 4.69) is 80.7 Å².